The highest BCUT2D eigenvalue weighted by Crippen LogP contribution is 2.27. The lowest BCUT2D eigenvalue weighted by Gasteiger charge is -2.32. The molecule has 134 valence electrons. The van der Waals surface area contributed by atoms with Crippen molar-refractivity contribution in [3.8, 4) is 5.75 Å². The molecule has 2 heterocycles. The summed E-state index contributed by atoms with van der Waals surface area (Å²) in [5, 5.41) is 10.8. The summed E-state index contributed by atoms with van der Waals surface area (Å²) in [6.07, 6.45) is 3.53. The van der Waals surface area contributed by atoms with Crippen LogP contribution in [0.25, 0.3) is 0 Å². The van der Waals surface area contributed by atoms with E-state index in [1.165, 1.54) is 25.3 Å². The lowest BCUT2D eigenvalue weighted by Crippen LogP contribution is -2.42. The zero-order valence-corrected chi connectivity index (χ0v) is 14.4. The number of ether oxygens (including phenoxy) is 1. The normalized spacial score (nSPS) is 17.4. The van der Waals surface area contributed by atoms with E-state index < -0.39 is 5.82 Å². The van der Waals surface area contributed by atoms with Crippen LogP contribution in [0.2, 0.25) is 0 Å². The number of benzene rings is 1. The van der Waals surface area contributed by atoms with Gasteiger partial charge in [-0.25, -0.2) is 9.18 Å². The third kappa shape index (κ3) is 3.72. The summed E-state index contributed by atoms with van der Waals surface area (Å²) < 4.78 is 21.0. The van der Waals surface area contributed by atoms with Crippen LogP contribution in [0.1, 0.15) is 31.5 Å². The SMILES string of the molecule is CCn1cnnc1[C@H]1CCCN(C(=O)Nc2cc(OC)ccc2F)C1. The average Bonchev–Trinajstić information content (AvgIpc) is 3.12. The quantitative estimate of drug-likeness (QED) is 0.923. The number of likely N-dealkylation sites (tertiary alicyclic amines) is 1. The molecule has 2 amide bonds. The molecule has 0 aliphatic carbocycles. The maximum Gasteiger partial charge on any atom is 0.321 e. The van der Waals surface area contributed by atoms with Crippen LogP contribution in [-0.4, -0.2) is 45.9 Å². The number of nitrogens with one attached hydrogen (secondary N) is 1. The Morgan fingerprint density at radius 2 is 2.32 bits per heavy atom. The van der Waals surface area contributed by atoms with Gasteiger partial charge in [-0.1, -0.05) is 0 Å². The van der Waals surface area contributed by atoms with E-state index in [1.807, 2.05) is 11.5 Å². The van der Waals surface area contributed by atoms with Crippen LogP contribution in [0.3, 0.4) is 0 Å². The maximum absolute atomic E-state index is 13.9. The number of rotatable bonds is 4. The Labute approximate surface area is 145 Å². The lowest BCUT2D eigenvalue weighted by molar-refractivity contribution is 0.190. The molecule has 3 rings (SSSR count). The minimum atomic E-state index is -0.492. The van der Waals surface area contributed by atoms with Gasteiger partial charge in [0.05, 0.1) is 12.8 Å². The number of aryl methyl sites for hydroxylation is 1. The third-order valence-electron chi connectivity index (χ3n) is 4.48. The second-order valence-electron chi connectivity index (χ2n) is 6.04. The van der Waals surface area contributed by atoms with E-state index in [4.69, 9.17) is 4.74 Å². The molecule has 0 saturated carbocycles. The summed E-state index contributed by atoms with van der Waals surface area (Å²) in [5.74, 6) is 1.03. The van der Waals surface area contributed by atoms with Crippen LogP contribution in [0.15, 0.2) is 24.5 Å². The van der Waals surface area contributed by atoms with Crippen LogP contribution < -0.4 is 10.1 Å². The first-order chi connectivity index (χ1) is 12.1. The fourth-order valence-corrected chi connectivity index (χ4v) is 3.12. The first-order valence-corrected chi connectivity index (χ1v) is 8.39. The Balaban J connectivity index is 1.70. The number of carbonyl (C=O) groups excluding carboxylic acids is 1. The summed E-state index contributed by atoms with van der Waals surface area (Å²) in [4.78, 5) is 14.2. The van der Waals surface area contributed by atoms with Crippen molar-refractivity contribution < 1.29 is 13.9 Å². The van der Waals surface area contributed by atoms with Gasteiger partial charge in [0.15, 0.2) is 0 Å². The van der Waals surface area contributed by atoms with E-state index >= 15 is 0 Å². The van der Waals surface area contributed by atoms with Crippen molar-refractivity contribution in [2.45, 2.75) is 32.2 Å². The second-order valence-corrected chi connectivity index (χ2v) is 6.04. The molecule has 25 heavy (non-hydrogen) atoms. The molecular weight excluding hydrogens is 325 g/mol. The molecule has 1 N–H and O–H groups in total. The molecular formula is C17H22FN5O2. The van der Waals surface area contributed by atoms with Gasteiger partial charge in [-0.3, -0.25) is 0 Å². The van der Waals surface area contributed by atoms with Crippen LogP contribution in [0.5, 0.6) is 5.75 Å². The minimum absolute atomic E-state index is 0.114. The van der Waals surface area contributed by atoms with Crippen molar-refractivity contribution in [1.82, 2.24) is 19.7 Å². The number of aromatic nitrogens is 3. The number of piperidine rings is 1. The number of methoxy groups -OCH3 is 1. The molecule has 8 heteroatoms. The number of halogens is 1. The van der Waals surface area contributed by atoms with Gasteiger partial charge in [-0.15, -0.1) is 10.2 Å². The van der Waals surface area contributed by atoms with E-state index in [2.05, 4.69) is 15.5 Å². The average molecular weight is 347 g/mol. The van der Waals surface area contributed by atoms with Crippen LogP contribution in [-0.2, 0) is 6.54 Å². The van der Waals surface area contributed by atoms with Crippen molar-refractivity contribution in [3.05, 3.63) is 36.2 Å². The molecule has 1 saturated heterocycles. The molecule has 1 aliphatic heterocycles. The van der Waals surface area contributed by atoms with E-state index in [-0.39, 0.29) is 17.6 Å². The van der Waals surface area contributed by atoms with E-state index in [0.29, 0.717) is 18.8 Å². The topological polar surface area (TPSA) is 72.3 Å². The van der Waals surface area contributed by atoms with Gasteiger partial charge in [0.1, 0.15) is 23.7 Å². The Morgan fingerprint density at radius 3 is 3.08 bits per heavy atom. The van der Waals surface area contributed by atoms with Gasteiger partial charge in [0.25, 0.3) is 0 Å². The first kappa shape index (κ1) is 17.2. The van der Waals surface area contributed by atoms with Crippen LogP contribution in [0, 0.1) is 5.82 Å². The monoisotopic (exact) mass is 347 g/mol. The van der Waals surface area contributed by atoms with E-state index in [9.17, 15) is 9.18 Å². The number of hydrogen-bond acceptors (Lipinski definition) is 4. The summed E-state index contributed by atoms with van der Waals surface area (Å²) in [7, 11) is 1.50. The molecule has 1 aromatic carbocycles. The zero-order chi connectivity index (χ0) is 17.8. The van der Waals surface area contributed by atoms with Crippen molar-refractivity contribution in [2.75, 3.05) is 25.5 Å². The number of hydrogen-bond donors (Lipinski definition) is 1. The Bertz CT molecular complexity index is 748. The van der Waals surface area contributed by atoms with Crippen molar-refractivity contribution in [1.29, 1.82) is 0 Å². The summed E-state index contributed by atoms with van der Waals surface area (Å²) >= 11 is 0. The van der Waals surface area contributed by atoms with E-state index in [1.54, 1.807) is 11.2 Å². The Hall–Kier alpha value is -2.64. The fourth-order valence-electron chi connectivity index (χ4n) is 3.12. The zero-order valence-electron chi connectivity index (χ0n) is 14.4. The first-order valence-electron chi connectivity index (χ1n) is 8.39. The molecule has 1 aliphatic rings. The number of amides is 2. The van der Waals surface area contributed by atoms with Crippen molar-refractivity contribution in [2.24, 2.45) is 0 Å². The molecule has 2 aromatic rings. The van der Waals surface area contributed by atoms with Crippen molar-refractivity contribution in [3.63, 3.8) is 0 Å². The van der Waals surface area contributed by atoms with Gasteiger partial charge >= 0.3 is 6.03 Å². The highest BCUT2D eigenvalue weighted by atomic mass is 19.1. The van der Waals surface area contributed by atoms with Crippen molar-refractivity contribution >= 4 is 11.7 Å². The molecule has 1 atom stereocenters. The van der Waals surface area contributed by atoms with E-state index in [0.717, 1.165) is 25.2 Å². The molecule has 0 unspecified atom stereocenters. The number of urea groups is 1. The molecule has 7 nitrogen and oxygen atoms in total. The second kappa shape index (κ2) is 7.50. The number of anilines is 1. The lowest BCUT2D eigenvalue weighted by atomic mass is 9.97. The highest BCUT2D eigenvalue weighted by Gasteiger charge is 2.28. The van der Waals surface area contributed by atoms with Gasteiger partial charge in [-0.05, 0) is 31.9 Å². The molecule has 1 aromatic heterocycles. The van der Waals surface area contributed by atoms with Gasteiger partial charge in [-0.2, -0.15) is 0 Å². The fraction of sp³-hybridized carbons (Fsp3) is 0.471. The molecule has 0 radical (unpaired) electrons. The third-order valence-corrected chi connectivity index (χ3v) is 4.48. The highest BCUT2D eigenvalue weighted by molar-refractivity contribution is 5.89. The van der Waals surface area contributed by atoms with Gasteiger partial charge < -0.3 is 19.5 Å². The van der Waals surface area contributed by atoms with Gasteiger partial charge in [0, 0.05) is 31.6 Å². The molecule has 1 fully saturated rings. The molecule has 0 spiro atoms. The standard InChI is InChI=1S/C17H22FN5O2/c1-3-22-11-19-21-16(22)12-5-4-8-23(10-12)17(24)20-15-9-13(25-2)6-7-14(15)18/h6-7,9,11-12H,3-5,8,10H2,1-2H3,(H,20,24)/t12-/m0/s1. The Kier molecular flexibility index (Phi) is 5.16. The van der Waals surface area contributed by atoms with Gasteiger partial charge in [0.2, 0.25) is 0 Å². The predicted molar refractivity (Wildman–Crippen MR) is 91.2 cm³/mol. The summed E-state index contributed by atoms with van der Waals surface area (Å²) in [5.41, 5.74) is 0.114. The summed E-state index contributed by atoms with van der Waals surface area (Å²) in [6, 6.07) is 3.94. The molecule has 0 bridgehead atoms. The number of nitrogens with zero attached hydrogens (tertiary/aromatic N) is 4. The van der Waals surface area contributed by atoms with Crippen LogP contribution in [0.4, 0.5) is 14.9 Å². The Morgan fingerprint density at radius 1 is 1.48 bits per heavy atom. The number of carbonyl (C=O) groups is 1. The maximum atomic E-state index is 13.9. The minimum Gasteiger partial charge on any atom is -0.497 e. The largest absolute Gasteiger partial charge is 0.497 e. The van der Waals surface area contributed by atoms with Crippen LogP contribution >= 0.6 is 0 Å². The smallest absolute Gasteiger partial charge is 0.321 e. The summed E-state index contributed by atoms with van der Waals surface area (Å²) in [6.45, 7) is 4.00. The predicted octanol–water partition coefficient (Wildman–Crippen LogP) is 2.86.